The molecule has 8 rings (SSSR count). The molecule has 206 valence electrons. The quantitative estimate of drug-likeness (QED) is 0.308. The maximum absolute atomic E-state index is 2.54. The summed E-state index contributed by atoms with van der Waals surface area (Å²) >= 11 is 0. The third kappa shape index (κ3) is 4.54. The molecule has 0 nitrogen and oxygen atoms in total. The lowest BCUT2D eigenvalue weighted by Crippen LogP contribution is -2.33. The molecule has 3 aromatic rings. The second-order valence-corrected chi connectivity index (χ2v) is 12.5. The SMILES string of the molecule is C1=CCC2CCC(c3c4c(c(-c5cc(C6=CCCC=C6)cc(C6C=CC=CC6)c5)c5ccccc35)=CCCC=4)=CC2=C1. The Morgan fingerprint density at radius 3 is 2.26 bits per heavy atom. The molecule has 0 saturated carbocycles. The van der Waals surface area contributed by atoms with E-state index >= 15 is 0 Å². The zero-order valence-electron chi connectivity index (χ0n) is 24.4. The van der Waals surface area contributed by atoms with Gasteiger partial charge in [-0.05, 0) is 129 Å². The molecule has 0 spiro atoms. The van der Waals surface area contributed by atoms with Gasteiger partial charge in [-0.2, -0.15) is 0 Å². The van der Waals surface area contributed by atoms with Crippen molar-refractivity contribution in [1.82, 2.24) is 0 Å². The van der Waals surface area contributed by atoms with Gasteiger partial charge in [0.25, 0.3) is 0 Å². The molecule has 2 unspecified atom stereocenters. The highest BCUT2D eigenvalue weighted by molar-refractivity contribution is 6.04. The van der Waals surface area contributed by atoms with Crippen LogP contribution in [0.1, 0.15) is 74.0 Å². The van der Waals surface area contributed by atoms with Gasteiger partial charge in [-0.1, -0.05) is 115 Å². The highest BCUT2D eigenvalue weighted by Gasteiger charge is 2.24. The molecule has 5 aliphatic carbocycles. The Hall–Kier alpha value is -4.16. The second-order valence-electron chi connectivity index (χ2n) is 12.5. The molecule has 0 saturated heterocycles. The predicted octanol–water partition coefficient (Wildman–Crippen LogP) is 9.87. The van der Waals surface area contributed by atoms with Crippen molar-refractivity contribution in [1.29, 1.82) is 0 Å². The van der Waals surface area contributed by atoms with Crippen molar-refractivity contribution in [3.63, 3.8) is 0 Å². The molecule has 0 heterocycles. The fourth-order valence-corrected chi connectivity index (χ4v) is 7.79. The molecule has 5 aliphatic rings. The number of hydrogen-bond acceptors (Lipinski definition) is 0. The number of rotatable bonds is 4. The standard InChI is InChI=1S/C42H38/c1-3-13-29(14-4-1)34-26-35(30-15-5-2-6-16-30)28-36(27-34)42-39-21-11-9-19-37(39)41(38-20-10-12-22-40(38)42)33-24-23-31-17-7-8-18-32(31)25-33/h1,3-5,7-9,11,13,15-16,18-22,25-29,31H,2,6,10,12,14,17,23-24H2. The fraction of sp³-hybridized carbons (Fsp3) is 0.238. The van der Waals surface area contributed by atoms with E-state index in [1.165, 1.54) is 78.6 Å². The number of fused-ring (bicyclic) bond motifs is 3. The molecular weight excluding hydrogens is 504 g/mol. The van der Waals surface area contributed by atoms with Crippen molar-refractivity contribution in [2.75, 3.05) is 0 Å². The highest BCUT2D eigenvalue weighted by atomic mass is 14.3. The van der Waals surface area contributed by atoms with Crippen LogP contribution in [0.4, 0.5) is 0 Å². The van der Waals surface area contributed by atoms with Gasteiger partial charge in [0.2, 0.25) is 0 Å². The van der Waals surface area contributed by atoms with Crippen LogP contribution in [0.3, 0.4) is 0 Å². The van der Waals surface area contributed by atoms with E-state index in [4.69, 9.17) is 0 Å². The van der Waals surface area contributed by atoms with Crippen LogP contribution in [-0.4, -0.2) is 0 Å². The van der Waals surface area contributed by atoms with E-state index in [-0.39, 0.29) is 0 Å². The van der Waals surface area contributed by atoms with Crippen LogP contribution in [0.5, 0.6) is 0 Å². The summed E-state index contributed by atoms with van der Waals surface area (Å²) in [4.78, 5) is 0. The summed E-state index contributed by atoms with van der Waals surface area (Å²) in [5.74, 6) is 1.10. The van der Waals surface area contributed by atoms with Crippen molar-refractivity contribution in [3.8, 4) is 11.1 Å². The van der Waals surface area contributed by atoms with E-state index in [9.17, 15) is 0 Å². The summed E-state index contributed by atoms with van der Waals surface area (Å²) < 4.78 is 0. The Morgan fingerprint density at radius 2 is 1.45 bits per heavy atom. The van der Waals surface area contributed by atoms with Gasteiger partial charge in [-0.15, -0.1) is 0 Å². The monoisotopic (exact) mass is 542 g/mol. The third-order valence-electron chi connectivity index (χ3n) is 9.88. The smallest absolute Gasteiger partial charge is 0.00561 e. The van der Waals surface area contributed by atoms with E-state index < -0.39 is 0 Å². The van der Waals surface area contributed by atoms with Gasteiger partial charge in [-0.25, -0.2) is 0 Å². The molecule has 3 aromatic carbocycles. The van der Waals surface area contributed by atoms with Crippen molar-refractivity contribution in [2.45, 2.75) is 57.3 Å². The first-order chi connectivity index (χ1) is 20.8. The average molecular weight is 543 g/mol. The molecule has 0 radical (unpaired) electrons. The molecule has 0 bridgehead atoms. The lowest BCUT2D eigenvalue weighted by atomic mass is 9.77. The van der Waals surface area contributed by atoms with Crippen molar-refractivity contribution in [3.05, 3.63) is 142 Å². The summed E-state index contributed by atoms with van der Waals surface area (Å²) in [6.07, 6.45) is 39.8. The van der Waals surface area contributed by atoms with E-state index in [0.29, 0.717) is 11.8 Å². The molecule has 0 fully saturated rings. The third-order valence-corrected chi connectivity index (χ3v) is 9.88. The summed E-state index contributed by atoms with van der Waals surface area (Å²) in [6.45, 7) is 0. The van der Waals surface area contributed by atoms with Crippen molar-refractivity contribution >= 4 is 34.1 Å². The Balaban J connectivity index is 1.40. The summed E-state index contributed by atoms with van der Waals surface area (Å²) in [5.41, 5.74) is 11.4. The van der Waals surface area contributed by atoms with E-state index in [1.807, 2.05) is 0 Å². The summed E-state index contributed by atoms with van der Waals surface area (Å²) in [7, 11) is 0. The first-order valence-electron chi connectivity index (χ1n) is 16.0. The maximum atomic E-state index is 2.54. The molecule has 2 atom stereocenters. The minimum Gasteiger partial charge on any atom is -0.0839 e. The number of benzene rings is 3. The first-order valence-corrected chi connectivity index (χ1v) is 16.0. The Bertz CT molecular complexity index is 1930. The maximum Gasteiger partial charge on any atom is 0.00561 e. The Labute approximate surface area is 249 Å². The van der Waals surface area contributed by atoms with E-state index in [1.54, 1.807) is 0 Å². The van der Waals surface area contributed by atoms with Crippen LogP contribution in [0.2, 0.25) is 0 Å². The summed E-state index contributed by atoms with van der Waals surface area (Å²) in [6, 6.07) is 16.7. The molecule has 0 heteroatoms. The van der Waals surface area contributed by atoms with E-state index in [2.05, 4.69) is 121 Å². The number of allylic oxidation sites excluding steroid dienone is 14. The van der Waals surface area contributed by atoms with Crippen LogP contribution in [0, 0.1) is 5.92 Å². The van der Waals surface area contributed by atoms with Crippen LogP contribution in [0.25, 0.3) is 45.2 Å². The van der Waals surface area contributed by atoms with Crippen molar-refractivity contribution < 1.29 is 0 Å². The van der Waals surface area contributed by atoms with Gasteiger partial charge in [0.15, 0.2) is 0 Å². The zero-order chi connectivity index (χ0) is 27.9. The minimum absolute atomic E-state index is 0.414. The molecule has 0 N–H and O–H groups in total. The normalized spacial score (nSPS) is 22.4. The highest BCUT2D eigenvalue weighted by Crippen LogP contribution is 2.40. The van der Waals surface area contributed by atoms with E-state index in [0.717, 1.165) is 38.5 Å². The Kier molecular flexibility index (Phi) is 6.64. The van der Waals surface area contributed by atoms with Gasteiger partial charge in [0.1, 0.15) is 0 Å². The van der Waals surface area contributed by atoms with Crippen LogP contribution < -0.4 is 10.4 Å². The molecule has 0 aromatic heterocycles. The number of hydrogen-bond donors (Lipinski definition) is 0. The Morgan fingerprint density at radius 1 is 0.667 bits per heavy atom. The zero-order valence-corrected chi connectivity index (χ0v) is 24.4. The predicted molar refractivity (Wildman–Crippen MR) is 181 cm³/mol. The second kappa shape index (κ2) is 10.9. The minimum atomic E-state index is 0.414. The van der Waals surface area contributed by atoms with Gasteiger partial charge >= 0.3 is 0 Å². The lowest BCUT2D eigenvalue weighted by Gasteiger charge is -2.28. The molecule has 0 amide bonds. The van der Waals surface area contributed by atoms with Gasteiger partial charge in [0, 0.05) is 5.92 Å². The molecule has 42 heavy (non-hydrogen) atoms. The van der Waals surface area contributed by atoms with Crippen molar-refractivity contribution in [2.24, 2.45) is 5.92 Å². The molecule has 0 aliphatic heterocycles. The van der Waals surface area contributed by atoms with Gasteiger partial charge in [0.05, 0.1) is 0 Å². The molecular formula is C42H38. The lowest BCUT2D eigenvalue weighted by molar-refractivity contribution is 0.572. The first kappa shape index (κ1) is 25.5. The topological polar surface area (TPSA) is 0 Å². The van der Waals surface area contributed by atoms with Crippen LogP contribution in [-0.2, 0) is 0 Å². The van der Waals surface area contributed by atoms with Crippen LogP contribution >= 0.6 is 0 Å². The fourth-order valence-electron chi connectivity index (χ4n) is 7.79. The average Bonchev–Trinajstić information content (AvgIpc) is 3.07. The van der Waals surface area contributed by atoms with Gasteiger partial charge < -0.3 is 0 Å². The largest absolute Gasteiger partial charge is 0.0839 e. The summed E-state index contributed by atoms with van der Waals surface area (Å²) in [5, 5.41) is 5.68. The van der Waals surface area contributed by atoms with Crippen LogP contribution in [0.15, 0.2) is 115 Å². The van der Waals surface area contributed by atoms with Gasteiger partial charge in [-0.3, -0.25) is 0 Å².